The third-order valence-corrected chi connectivity index (χ3v) is 7.31. The van der Waals surface area contributed by atoms with Crippen LogP contribution in [0.2, 0.25) is 0 Å². The predicted molar refractivity (Wildman–Crippen MR) is 131 cm³/mol. The van der Waals surface area contributed by atoms with Gasteiger partial charge in [0.05, 0.1) is 0 Å². The number of alkyl halides is 5. The van der Waals surface area contributed by atoms with E-state index in [1.807, 2.05) is 12.1 Å². The summed E-state index contributed by atoms with van der Waals surface area (Å²) in [5.74, 6) is -2.75. The Labute approximate surface area is 219 Å². The topological polar surface area (TPSA) is 75.6 Å². The smallest absolute Gasteiger partial charge is 0.351 e. The maximum Gasteiger partial charge on any atom is 0.433 e. The number of nitrogens with zero attached hydrogens (tertiary/aromatic N) is 4. The van der Waals surface area contributed by atoms with Gasteiger partial charge in [0.1, 0.15) is 11.4 Å². The SMILES string of the molecule is FC1(F)CCC(Nc2nc(NC3Cc4cc(Br)cc(Br)c4C3)nc(-c3cccc(C(F)(F)F)n3)n2)C1. The quantitative estimate of drug-likeness (QED) is 0.306. The van der Waals surface area contributed by atoms with Crippen LogP contribution in [0.1, 0.15) is 36.1 Å². The molecule has 1 aromatic carbocycles. The summed E-state index contributed by atoms with van der Waals surface area (Å²) in [5.41, 5.74) is 1.09. The van der Waals surface area contributed by atoms with Gasteiger partial charge in [-0.25, -0.2) is 13.8 Å². The Balaban J connectivity index is 1.45. The Hall–Kier alpha value is -2.41. The van der Waals surface area contributed by atoms with Crippen molar-refractivity contribution in [1.29, 1.82) is 0 Å². The van der Waals surface area contributed by atoms with E-state index >= 15 is 0 Å². The van der Waals surface area contributed by atoms with Crippen LogP contribution >= 0.6 is 31.9 Å². The number of hydrogen-bond donors (Lipinski definition) is 2. The maximum atomic E-state index is 13.7. The molecule has 2 aliphatic carbocycles. The zero-order valence-electron chi connectivity index (χ0n) is 18.5. The molecule has 2 unspecified atom stereocenters. The molecule has 3 aromatic rings. The highest BCUT2D eigenvalue weighted by Crippen LogP contribution is 2.37. The molecular weight excluding hydrogens is 615 g/mol. The molecule has 0 aliphatic heterocycles. The lowest BCUT2D eigenvalue weighted by Gasteiger charge is -2.17. The Morgan fingerprint density at radius 2 is 1.64 bits per heavy atom. The molecule has 5 rings (SSSR count). The minimum atomic E-state index is -4.64. The summed E-state index contributed by atoms with van der Waals surface area (Å²) in [6.07, 6.45) is -3.71. The summed E-state index contributed by atoms with van der Waals surface area (Å²) < 4.78 is 69.0. The summed E-state index contributed by atoms with van der Waals surface area (Å²) in [4.78, 5) is 16.6. The van der Waals surface area contributed by atoms with Gasteiger partial charge in [0.15, 0.2) is 5.82 Å². The van der Waals surface area contributed by atoms with Crippen molar-refractivity contribution in [3.63, 3.8) is 0 Å². The van der Waals surface area contributed by atoms with E-state index in [0.717, 1.165) is 26.1 Å². The van der Waals surface area contributed by atoms with E-state index in [1.165, 1.54) is 12.1 Å². The van der Waals surface area contributed by atoms with Crippen molar-refractivity contribution in [2.75, 3.05) is 10.6 Å². The van der Waals surface area contributed by atoms with E-state index in [2.05, 4.69) is 62.4 Å². The first-order valence-electron chi connectivity index (χ1n) is 11.1. The Kier molecular flexibility index (Phi) is 6.64. The van der Waals surface area contributed by atoms with Crippen LogP contribution in [-0.4, -0.2) is 37.9 Å². The summed E-state index contributed by atoms with van der Waals surface area (Å²) in [6.45, 7) is 0. The number of fused-ring (bicyclic) bond motifs is 1. The molecule has 190 valence electrons. The number of halogens is 7. The Bertz CT molecular complexity index is 1300. The second-order valence-corrected chi connectivity index (χ2v) is 10.7. The monoisotopic (exact) mass is 632 g/mol. The van der Waals surface area contributed by atoms with Crippen molar-refractivity contribution in [2.45, 2.75) is 56.3 Å². The van der Waals surface area contributed by atoms with E-state index in [1.54, 1.807) is 0 Å². The second-order valence-electron chi connectivity index (χ2n) is 8.93. The number of pyridine rings is 1. The highest BCUT2D eigenvalue weighted by molar-refractivity contribution is 9.11. The average molecular weight is 634 g/mol. The lowest BCUT2D eigenvalue weighted by molar-refractivity contribution is -0.141. The molecule has 2 N–H and O–H groups in total. The number of benzene rings is 1. The van der Waals surface area contributed by atoms with Crippen LogP contribution in [0.4, 0.5) is 33.8 Å². The van der Waals surface area contributed by atoms with Crippen LogP contribution in [0.5, 0.6) is 0 Å². The summed E-state index contributed by atoms with van der Waals surface area (Å²) in [6, 6.07) is 6.77. The highest BCUT2D eigenvalue weighted by Gasteiger charge is 2.40. The number of hydrogen-bond acceptors (Lipinski definition) is 6. The van der Waals surface area contributed by atoms with Crippen LogP contribution in [0.3, 0.4) is 0 Å². The first-order chi connectivity index (χ1) is 16.9. The summed E-state index contributed by atoms with van der Waals surface area (Å²) >= 11 is 7.06. The van der Waals surface area contributed by atoms with Gasteiger partial charge in [-0.05, 0) is 54.7 Å². The average Bonchev–Trinajstić information content (AvgIpc) is 3.35. The number of aromatic nitrogens is 4. The van der Waals surface area contributed by atoms with Gasteiger partial charge in [-0.2, -0.15) is 28.1 Å². The minimum absolute atomic E-state index is 0.00356. The van der Waals surface area contributed by atoms with Crippen molar-refractivity contribution in [3.8, 4) is 11.5 Å². The third kappa shape index (κ3) is 5.61. The van der Waals surface area contributed by atoms with Crippen molar-refractivity contribution < 1.29 is 22.0 Å². The zero-order chi connectivity index (χ0) is 25.7. The Morgan fingerprint density at radius 3 is 2.31 bits per heavy atom. The van der Waals surface area contributed by atoms with Gasteiger partial charge >= 0.3 is 6.18 Å². The standard InChI is InChI=1S/C23H19Br2F5N6/c24-12-6-11-7-14(9-15(11)16(25)8-12)32-21-35-19(17-2-1-3-18(33-17)23(28,29)30)34-20(36-21)31-13-4-5-22(26,27)10-13/h1-3,6,8,13-14H,4-5,7,9-10H2,(H2,31,32,34,35,36). The molecular formula is C23H19Br2F5N6. The lowest BCUT2D eigenvalue weighted by Crippen LogP contribution is -2.24. The lowest BCUT2D eigenvalue weighted by atomic mass is 10.1. The van der Waals surface area contributed by atoms with Crippen LogP contribution in [0.15, 0.2) is 39.3 Å². The van der Waals surface area contributed by atoms with Gasteiger partial charge in [0, 0.05) is 33.9 Å². The third-order valence-electron chi connectivity index (χ3n) is 6.14. The van der Waals surface area contributed by atoms with E-state index < -0.39 is 23.8 Å². The molecule has 0 amide bonds. The van der Waals surface area contributed by atoms with Crippen LogP contribution in [-0.2, 0) is 19.0 Å². The second kappa shape index (κ2) is 9.47. The first kappa shape index (κ1) is 25.2. The van der Waals surface area contributed by atoms with Crippen molar-refractivity contribution in [3.05, 3.63) is 56.1 Å². The van der Waals surface area contributed by atoms with Crippen molar-refractivity contribution in [2.24, 2.45) is 0 Å². The van der Waals surface area contributed by atoms with Gasteiger partial charge in [0.25, 0.3) is 0 Å². The van der Waals surface area contributed by atoms with Gasteiger partial charge < -0.3 is 10.6 Å². The van der Waals surface area contributed by atoms with Crippen LogP contribution in [0, 0.1) is 0 Å². The minimum Gasteiger partial charge on any atom is -0.351 e. The van der Waals surface area contributed by atoms with E-state index in [9.17, 15) is 22.0 Å². The van der Waals surface area contributed by atoms with Crippen molar-refractivity contribution in [1.82, 2.24) is 19.9 Å². The van der Waals surface area contributed by atoms with Crippen LogP contribution < -0.4 is 10.6 Å². The molecule has 6 nitrogen and oxygen atoms in total. The molecule has 13 heteroatoms. The van der Waals surface area contributed by atoms with Gasteiger partial charge in [0.2, 0.25) is 17.8 Å². The number of rotatable bonds is 5. The molecule has 1 saturated carbocycles. The molecule has 2 aromatic heterocycles. The van der Waals surface area contributed by atoms with Gasteiger partial charge in [-0.1, -0.05) is 37.9 Å². The van der Waals surface area contributed by atoms with Gasteiger partial charge in [-0.15, -0.1) is 0 Å². The highest BCUT2D eigenvalue weighted by atomic mass is 79.9. The molecule has 0 radical (unpaired) electrons. The predicted octanol–water partition coefficient (Wildman–Crippen LogP) is 6.66. The maximum absolute atomic E-state index is 13.7. The number of anilines is 2. The fraction of sp³-hybridized carbons (Fsp3) is 0.391. The first-order valence-corrected chi connectivity index (χ1v) is 12.7. The molecule has 2 heterocycles. The zero-order valence-corrected chi connectivity index (χ0v) is 21.7. The summed E-state index contributed by atoms with van der Waals surface area (Å²) in [5, 5.41) is 6.14. The molecule has 2 aliphatic rings. The van der Waals surface area contributed by atoms with Crippen LogP contribution in [0.25, 0.3) is 11.5 Å². The normalized spacial score (nSPS) is 20.9. The Morgan fingerprint density at radius 1 is 0.917 bits per heavy atom. The van der Waals surface area contributed by atoms with Gasteiger partial charge in [-0.3, -0.25) is 0 Å². The van der Waals surface area contributed by atoms with E-state index in [4.69, 9.17) is 0 Å². The molecule has 1 fully saturated rings. The van der Waals surface area contributed by atoms with E-state index in [-0.39, 0.29) is 48.7 Å². The molecule has 0 spiro atoms. The van der Waals surface area contributed by atoms with Crippen molar-refractivity contribution >= 4 is 43.8 Å². The fourth-order valence-electron chi connectivity index (χ4n) is 4.53. The largest absolute Gasteiger partial charge is 0.433 e. The van der Waals surface area contributed by atoms with E-state index in [0.29, 0.717) is 12.8 Å². The molecule has 2 atom stereocenters. The molecule has 0 bridgehead atoms. The summed E-state index contributed by atoms with van der Waals surface area (Å²) in [7, 11) is 0. The molecule has 0 saturated heterocycles. The number of nitrogens with one attached hydrogen (secondary N) is 2. The molecule has 36 heavy (non-hydrogen) atoms. The fourth-order valence-corrected chi connectivity index (χ4v) is 6.00.